The lowest BCUT2D eigenvalue weighted by Crippen LogP contribution is -2.21. The van der Waals surface area contributed by atoms with Gasteiger partial charge < -0.3 is 4.74 Å². The van der Waals surface area contributed by atoms with E-state index in [1.807, 2.05) is 0 Å². The Morgan fingerprint density at radius 1 is 0.846 bits per heavy atom. The third-order valence-electron chi connectivity index (χ3n) is 5.12. The highest BCUT2D eigenvalue weighted by atomic mass is 79.9. The minimum absolute atomic E-state index is 0.288. The van der Waals surface area contributed by atoms with Crippen molar-refractivity contribution in [3.05, 3.63) is 0 Å². The maximum Gasteiger partial charge on any atom is 0.313 e. The minimum atomic E-state index is -0.351. The molecule has 0 spiro atoms. The first-order valence-corrected chi connectivity index (χ1v) is 11.8. The second-order valence-corrected chi connectivity index (χ2v) is 8.90. The van der Waals surface area contributed by atoms with Crippen molar-refractivity contribution in [3.8, 4) is 0 Å². The summed E-state index contributed by atoms with van der Waals surface area (Å²) in [6.45, 7) is 8.90. The van der Waals surface area contributed by atoms with Crippen LogP contribution in [-0.4, -0.2) is 17.3 Å². The Morgan fingerprint density at radius 3 is 2.12 bits per heavy atom. The van der Waals surface area contributed by atoms with Crippen LogP contribution in [0, 0.1) is 17.8 Å². The molecule has 2 atom stereocenters. The standard InChI is InChI=1S/C22H41BrO3/c1-5-6-7-8-9-10-14-21(24)26-22(25)17-20(15-16-23)19(4)13-11-12-18(2)3/h18-20H,5-17H2,1-4H3. The van der Waals surface area contributed by atoms with Crippen LogP contribution >= 0.6 is 15.9 Å². The van der Waals surface area contributed by atoms with Gasteiger partial charge in [0, 0.05) is 18.2 Å². The average molecular weight is 433 g/mol. The zero-order valence-corrected chi connectivity index (χ0v) is 19.1. The molecule has 0 radical (unpaired) electrons. The summed E-state index contributed by atoms with van der Waals surface area (Å²) in [5.41, 5.74) is 0. The van der Waals surface area contributed by atoms with Gasteiger partial charge in [0.1, 0.15) is 0 Å². The fraction of sp³-hybridized carbons (Fsp3) is 0.909. The van der Waals surface area contributed by atoms with E-state index in [-0.39, 0.29) is 17.9 Å². The second kappa shape index (κ2) is 16.8. The normalized spacial score (nSPS) is 13.6. The van der Waals surface area contributed by atoms with Crippen LogP contribution in [0.2, 0.25) is 0 Å². The molecule has 0 aromatic heterocycles. The number of halogens is 1. The summed E-state index contributed by atoms with van der Waals surface area (Å²) >= 11 is 3.49. The summed E-state index contributed by atoms with van der Waals surface area (Å²) in [4.78, 5) is 24.0. The number of unbranched alkanes of at least 4 members (excludes halogenated alkanes) is 5. The van der Waals surface area contributed by atoms with E-state index in [0.717, 1.165) is 43.4 Å². The van der Waals surface area contributed by atoms with Gasteiger partial charge in [-0.05, 0) is 30.6 Å². The van der Waals surface area contributed by atoms with E-state index in [9.17, 15) is 9.59 Å². The van der Waals surface area contributed by atoms with Gasteiger partial charge in [0.2, 0.25) is 0 Å². The number of carbonyl (C=O) groups is 2. The minimum Gasteiger partial charge on any atom is -0.393 e. The van der Waals surface area contributed by atoms with E-state index in [4.69, 9.17) is 4.74 Å². The Morgan fingerprint density at radius 2 is 1.50 bits per heavy atom. The number of carbonyl (C=O) groups excluding carboxylic acids is 2. The summed E-state index contributed by atoms with van der Waals surface area (Å²) in [6.07, 6.45) is 12.0. The Bertz CT molecular complexity index is 368. The highest BCUT2D eigenvalue weighted by molar-refractivity contribution is 9.09. The molecule has 0 aliphatic carbocycles. The molecule has 0 aliphatic rings. The molecule has 0 aromatic carbocycles. The van der Waals surface area contributed by atoms with Gasteiger partial charge in [-0.15, -0.1) is 0 Å². The molecule has 4 heteroatoms. The molecule has 0 fully saturated rings. The first-order chi connectivity index (χ1) is 12.4. The van der Waals surface area contributed by atoms with E-state index in [1.165, 1.54) is 32.1 Å². The lowest BCUT2D eigenvalue weighted by atomic mass is 9.84. The summed E-state index contributed by atoms with van der Waals surface area (Å²) in [6, 6.07) is 0. The molecule has 0 amide bonds. The maximum atomic E-state index is 12.1. The van der Waals surface area contributed by atoms with Crippen LogP contribution in [0.25, 0.3) is 0 Å². The lowest BCUT2D eigenvalue weighted by molar-refractivity contribution is -0.160. The average Bonchev–Trinajstić information content (AvgIpc) is 2.57. The van der Waals surface area contributed by atoms with Crippen molar-refractivity contribution in [2.45, 2.75) is 105 Å². The highest BCUT2D eigenvalue weighted by Gasteiger charge is 2.22. The van der Waals surface area contributed by atoms with E-state index in [0.29, 0.717) is 18.8 Å². The van der Waals surface area contributed by atoms with Crippen molar-refractivity contribution in [1.82, 2.24) is 0 Å². The topological polar surface area (TPSA) is 43.4 Å². The van der Waals surface area contributed by atoms with Crippen LogP contribution < -0.4 is 0 Å². The first-order valence-electron chi connectivity index (χ1n) is 10.7. The summed E-state index contributed by atoms with van der Waals surface area (Å²) < 4.78 is 5.05. The molecule has 0 aliphatic heterocycles. The number of hydrogen-bond acceptors (Lipinski definition) is 3. The van der Waals surface area contributed by atoms with Crippen LogP contribution in [0.3, 0.4) is 0 Å². The van der Waals surface area contributed by atoms with Gasteiger partial charge >= 0.3 is 11.9 Å². The number of hydrogen-bond donors (Lipinski definition) is 0. The number of ether oxygens (including phenoxy) is 1. The molecular weight excluding hydrogens is 392 g/mol. The molecule has 0 bridgehead atoms. The second-order valence-electron chi connectivity index (χ2n) is 8.11. The molecule has 0 heterocycles. The molecule has 26 heavy (non-hydrogen) atoms. The molecule has 0 saturated heterocycles. The smallest absolute Gasteiger partial charge is 0.313 e. The van der Waals surface area contributed by atoms with E-state index in [1.54, 1.807) is 0 Å². The van der Waals surface area contributed by atoms with Gasteiger partial charge in [0.05, 0.1) is 0 Å². The Hall–Kier alpha value is -0.380. The van der Waals surface area contributed by atoms with Crippen molar-refractivity contribution >= 4 is 27.9 Å². The van der Waals surface area contributed by atoms with Crippen molar-refractivity contribution in [2.75, 3.05) is 5.33 Å². The maximum absolute atomic E-state index is 12.1. The molecule has 154 valence electrons. The summed E-state index contributed by atoms with van der Waals surface area (Å²) in [5, 5.41) is 0.880. The third-order valence-corrected chi connectivity index (χ3v) is 5.57. The van der Waals surface area contributed by atoms with Crippen LogP contribution in [0.5, 0.6) is 0 Å². The monoisotopic (exact) mass is 432 g/mol. The van der Waals surface area contributed by atoms with Crippen molar-refractivity contribution in [2.24, 2.45) is 17.8 Å². The SMILES string of the molecule is CCCCCCCCC(=O)OC(=O)CC(CCBr)C(C)CCCC(C)C. The van der Waals surface area contributed by atoms with Crippen LogP contribution in [0.4, 0.5) is 0 Å². The number of alkyl halides is 1. The van der Waals surface area contributed by atoms with Crippen molar-refractivity contribution in [1.29, 1.82) is 0 Å². The third kappa shape index (κ3) is 14.8. The van der Waals surface area contributed by atoms with Gasteiger partial charge in [0.15, 0.2) is 0 Å². The molecule has 0 rings (SSSR count). The van der Waals surface area contributed by atoms with Gasteiger partial charge in [0.25, 0.3) is 0 Å². The van der Waals surface area contributed by atoms with Gasteiger partial charge in [-0.1, -0.05) is 95.0 Å². The number of esters is 2. The van der Waals surface area contributed by atoms with Crippen LogP contribution in [0.15, 0.2) is 0 Å². The fourth-order valence-corrected chi connectivity index (χ4v) is 3.88. The Labute approximate surface area is 170 Å². The largest absolute Gasteiger partial charge is 0.393 e. The predicted octanol–water partition coefficient (Wildman–Crippen LogP) is 7.06. The molecule has 0 saturated carbocycles. The zero-order chi connectivity index (χ0) is 19.8. The van der Waals surface area contributed by atoms with E-state index in [2.05, 4.69) is 43.6 Å². The highest BCUT2D eigenvalue weighted by Crippen LogP contribution is 2.26. The van der Waals surface area contributed by atoms with Gasteiger partial charge in [-0.25, -0.2) is 0 Å². The zero-order valence-electron chi connectivity index (χ0n) is 17.5. The lowest BCUT2D eigenvalue weighted by Gasteiger charge is -2.22. The Kier molecular flexibility index (Phi) is 16.5. The molecule has 0 N–H and O–H groups in total. The molecule has 2 unspecified atom stereocenters. The fourth-order valence-electron chi connectivity index (χ4n) is 3.30. The van der Waals surface area contributed by atoms with E-state index >= 15 is 0 Å². The predicted molar refractivity (Wildman–Crippen MR) is 113 cm³/mol. The van der Waals surface area contributed by atoms with Gasteiger partial charge in [-0.2, -0.15) is 0 Å². The Balaban J connectivity index is 4.09. The quantitative estimate of drug-likeness (QED) is 0.113. The summed E-state index contributed by atoms with van der Waals surface area (Å²) in [5.74, 6) is 0.794. The molecule has 0 aromatic rings. The summed E-state index contributed by atoms with van der Waals surface area (Å²) in [7, 11) is 0. The number of rotatable bonds is 16. The van der Waals surface area contributed by atoms with Crippen molar-refractivity contribution in [3.63, 3.8) is 0 Å². The molecule has 3 nitrogen and oxygen atoms in total. The first kappa shape index (κ1) is 25.6. The van der Waals surface area contributed by atoms with E-state index < -0.39 is 0 Å². The molecular formula is C22H41BrO3. The van der Waals surface area contributed by atoms with Crippen molar-refractivity contribution < 1.29 is 14.3 Å². The van der Waals surface area contributed by atoms with Crippen LogP contribution in [-0.2, 0) is 14.3 Å². The van der Waals surface area contributed by atoms with Crippen LogP contribution in [0.1, 0.15) is 105 Å². The van der Waals surface area contributed by atoms with Gasteiger partial charge in [-0.3, -0.25) is 9.59 Å².